The lowest BCUT2D eigenvalue weighted by Gasteiger charge is -2.25. The lowest BCUT2D eigenvalue weighted by Crippen LogP contribution is -2.52. The minimum Gasteiger partial charge on any atom is -0.480 e. The largest absolute Gasteiger partial charge is 0.480 e. The molecule has 3 rings (SSSR count). The van der Waals surface area contributed by atoms with E-state index in [0.717, 1.165) is 23.7 Å². The zero-order valence-electron chi connectivity index (χ0n) is 11.9. The molecule has 1 aliphatic rings. The van der Waals surface area contributed by atoms with E-state index >= 15 is 0 Å². The standard InChI is InChI=1S/C16H18N2O3/c1-18-10-12(11-6-2-3-7-13(11)18)14(19)17-16(15(20)21)8-4-5-9-16/h2-3,6-7,10H,4-5,8-9H2,1H3,(H,17,19)(H,20,21). The molecule has 0 aliphatic heterocycles. The zero-order valence-corrected chi connectivity index (χ0v) is 11.9. The lowest BCUT2D eigenvalue weighted by atomic mass is 9.97. The molecule has 1 aromatic carbocycles. The van der Waals surface area contributed by atoms with Crippen molar-refractivity contribution in [2.75, 3.05) is 0 Å². The van der Waals surface area contributed by atoms with Gasteiger partial charge in [0.15, 0.2) is 0 Å². The van der Waals surface area contributed by atoms with Crippen LogP contribution in [0, 0.1) is 0 Å². The van der Waals surface area contributed by atoms with Gasteiger partial charge in [-0.1, -0.05) is 31.0 Å². The third kappa shape index (κ3) is 2.18. The zero-order chi connectivity index (χ0) is 15.0. The maximum Gasteiger partial charge on any atom is 0.329 e. The monoisotopic (exact) mass is 286 g/mol. The summed E-state index contributed by atoms with van der Waals surface area (Å²) >= 11 is 0. The van der Waals surface area contributed by atoms with E-state index in [1.54, 1.807) is 6.20 Å². The van der Waals surface area contributed by atoms with E-state index in [4.69, 9.17) is 0 Å². The molecule has 0 unspecified atom stereocenters. The molecular weight excluding hydrogens is 268 g/mol. The maximum absolute atomic E-state index is 12.5. The topological polar surface area (TPSA) is 71.3 Å². The third-order valence-corrected chi connectivity index (χ3v) is 4.36. The summed E-state index contributed by atoms with van der Waals surface area (Å²) in [7, 11) is 1.88. The Bertz CT molecular complexity index is 711. The van der Waals surface area contributed by atoms with Crippen LogP contribution in [-0.2, 0) is 11.8 Å². The first kappa shape index (κ1) is 13.7. The highest BCUT2D eigenvalue weighted by Crippen LogP contribution is 2.31. The molecular formula is C16H18N2O3. The van der Waals surface area contributed by atoms with Crippen LogP contribution in [0.2, 0.25) is 0 Å². The van der Waals surface area contributed by atoms with Gasteiger partial charge in [0.05, 0.1) is 5.56 Å². The Morgan fingerprint density at radius 3 is 2.57 bits per heavy atom. The van der Waals surface area contributed by atoms with Crippen LogP contribution in [0.3, 0.4) is 0 Å². The number of fused-ring (bicyclic) bond motifs is 1. The van der Waals surface area contributed by atoms with E-state index in [9.17, 15) is 14.7 Å². The normalized spacial score (nSPS) is 17.0. The molecule has 1 fully saturated rings. The summed E-state index contributed by atoms with van der Waals surface area (Å²) in [6, 6.07) is 7.61. The fraction of sp³-hybridized carbons (Fsp3) is 0.375. The Hall–Kier alpha value is -2.30. The van der Waals surface area contributed by atoms with Gasteiger partial charge in [0.2, 0.25) is 0 Å². The molecule has 0 atom stereocenters. The van der Waals surface area contributed by atoms with E-state index in [0.29, 0.717) is 18.4 Å². The number of amides is 1. The number of aliphatic carboxylic acids is 1. The average molecular weight is 286 g/mol. The summed E-state index contributed by atoms with van der Waals surface area (Å²) in [6.07, 6.45) is 4.42. The minimum absolute atomic E-state index is 0.309. The predicted molar refractivity (Wildman–Crippen MR) is 79.2 cm³/mol. The molecule has 0 spiro atoms. The molecule has 1 amide bonds. The number of hydrogen-bond donors (Lipinski definition) is 2. The fourth-order valence-corrected chi connectivity index (χ4v) is 3.18. The van der Waals surface area contributed by atoms with Gasteiger partial charge in [-0.05, 0) is 18.9 Å². The molecule has 2 aromatic rings. The number of rotatable bonds is 3. The van der Waals surface area contributed by atoms with Crippen LogP contribution < -0.4 is 5.32 Å². The second-order valence-corrected chi connectivity index (χ2v) is 5.72. The number of benzene rings is 1. The highest BCUT2D eigenvalue weighted by molar-refractivity contribution is 6.08. The summed E-state index contributed by atoms with van der Waals surface area (Å²) < 4.78 is 1.88. The quantitative estimate of drug-likeness (QED) is 0.909. The number of carbonyl (C=O) groups excluding carboxylic acids is 1. The second kappa shape index (κ2) is 4.91. The van der Waals surface area contributed by atoms with Gasteiger partial charge in [-0.2, -0.15) is 0 Å². The molecule has 5 nitrogen and oxygen atoms in total. The molecule has 110 valence electrons. The maximum atomic E-state index is 12.5. The first-order valence-electron chi connectivity index (χ1n) is 7.13. The van der Waals surface area contributed by atoms with E-state index in [1.807, 2.05) is 35.9 Å². The molecule has 1 saturated carbocycles. The van der Waals surface area contributed by atoms with Gasteiger partial charge >= 0.3 is 5.97 Å². The number of nitrogens with one attached hydrogen (secondary N) is 1. The van der Waals surface area contributed by atoms with E-state index in [2.05, 4.69) is 5.32 Å². The molecule has 0 radical (unpaired) electrons. The SMILES string of the molecule is Cn1cc(C(=O)NC2(C(=O)O)CCCC2)c2ccccc21. The number of para-hydroxylation sites is 1. The van der Waals surface area contributed by atoms with Crippen molar-refractivity contribution in [2.24, 2.45) is 7.05 Å². The van der Waals surface area contributed by atoms with Crippen LogP contribution in [0.1, 0.15) is 36.0 Å². The Morgan fingerprint density at radius 1 is 1.24 bits per heavy atom. The lowest BCUT2D eigenvalue weighted by molar-refractivity contribution is -0.144. The van der Waals surface area contributed by atoms with Gasteiger partial charge < -0.3 is 15.0 Å². The number of carbonyl (C=O) groups is 2. The van der Waals surface area contributed by atoms with Crippen molar-refractivity contribution in [3.8, 4) is 0 Å². The first-order valence-corrected chi connectivity index (χ1v) is 7.13. The van der Waals surface area contributed by atoms with E-state index in [1.165, 1.54) is 0 Å². The Kier molecular flexibility index (Phi) is 3.20. The molecule has 2 N–H and O–H groups in total. The van der Waals surface area contributed by atoms with Gasteiger partial charge in [0.1, 0.15) is 5.54 Å². The number of hydrogen-bond acceptors (Lipinski definition) is 2. The number of carboxylic acid groups (broad SMARTS) is 1. The van der Waals surface area contributed by atoms with Crippen molar-refractivity contribution < 1.29 is 14.7 Å². The smallest absolute Gasteiger partial charge is 0.329 e. The van der Waals surface area contributed by atoms with Crippen LogP contribution in [0.25, 0.3) is 10.9 Å². The van der Waals surface area contributed by atoms with Crippen LogP contribution in [0.5, 0.6) is 0 Å². The summed E-state index contributed by atoms with van der Waals surface area (Å²) in [5.74, 6) is -1.25. The van der Waals surface area contributed by atoms with Gasteiger partial charge in [-0.25, -0.2) is 4.79 Å². The highest BCUT2D eigenvalue weighted by Gasteiger charge is 2.43. The highest BCUT2D eigenvalue weighted by atomic mass is 16.4. The van der Waals surface area contributed by atoms with Crippen molar-refractivity contribution >= 4 is 22.8 Å². The van der Waals surface area contributed by atoms with Crippen LogP contribution in [0.4, 0.5) is 0 Å². The average Bonchev–Trinajstić information content (AvgIpc) is 3.06. The van der Waals surface area contributed by atoms with Crippen molar-refractivity contribution in [1.82, 2.24) is 9.88 Å². The van der Waals surface area contributed by atoms with Gasteiger partial charge in [-0.3, -0.25) is 4.79 Å². The first-order chi connectivity index (χ1) is 10.0. The molecule has 1 heterocycles. The Morgan fingerprint density at radius 2 is 1.90 bits per heavy atom. The van der Waals surface area contributed by atoms with E-state index in [-0.39, 0.29) is 5.91 Å². The minimum atomic E-state index is -1.10. The summed E-state index contributed by atoms with van der Waals surface area (Å²) in [5.41, 5.74) is 0.382. The number of nitrogens with zero attached hydrogens (tertiary/aromatic N) is 1. The molecule has 0 bridgehead atoms. The van der Waals surface area contributed by atoms with Crippen LogP contribution >= 0.6 is 0 Å². The molecule has 5 heteroatoms. The second-order valence-electron chi connectivity index (χ2n) is 5.72. The molecule has 1 aliphatic carbocycles. The molecule has 0 saturated heterocycles. The Balaban J connectivity index is 1.96. The van der Waals surface area contributed by atoms with Gasteiger partial charge in [-0.15, -0.1) is 0 Å². The van der Waals surface area contributed by atoms with E-state index < -0.39 is 11.5 Å². The van der Waals surface area contributed by atoms with Gasteiger partial charge in [0.25, 0.3) is 5.91 Å². The molecule has 1 aromatic heterocycles. The predicted octanol–water partition coefficient (Wildman–Crippen LogP) is 2.31. The van der Waals surface area contributed by atoms with Crippen molar-refractivity contribution in [1.29, 1.82) is 0 Å². The third-order valence-electron chi connectivity index (χ3n) is 4.36. The summed E-state index contributed by atoms with van der Waals surface area (Å²) in [4.78, 5) is 24.1. The van der Waals surface area contributed by atoms with Crippen molar-refractivity contribution in [2.45, 2.75) is 31.2 Å². The molecule has 21 heavy (non-hydrogen) atoms. The fourth-order valence-electron chi connectivity index (χ4n) is 3.18. The number of aromatic nitrogens is 1. The van der Waals surface area contributed by atoms with Crippen LogP contribution in [0.15, 0.2) is 30.5 Å². The Labute approximate surface area is 122 Å². The number of aryl methyl sites for hydroxylation is 1. The number of carboxylic acids is 1. The van der Waals surface area contributed by atoms with Crippen molar-refractivity contribution in [3.05, 3.63) is 36.0 Å². The van der Waals surface area contributed by atoms with Crippen LogP contribution in [-0.4, -0.2) is 27.1 Å². The van der Waals surface area contributed by atoms with Crippen molar-refractivity contribution in [3.63, 3.8) is 0 Å². The summed E-state index contributed by atoms with van der Waals surface area (Å²) in [5, 5.41) is 13.1. The summed E-state index contributed by atoms with van der Waals surface area (Å²) in [6.45, 7) is 0. The van der Waals surface area contributed by atoms with Gasteiger partial charge in [0, 0.05) is 24.1 Å².